The lowest BCUT2D eigenvalue weighted by Gasteiger charge is -2.34. The quantitative estimate of drug-likeness (QED) is 0.420. The highest BCUT2D eigenvalue weighted by Gasteiger charge is 2.29. The molecule has 1 saturated carbocycles. The lowest BCUT2D eigenvalue weighted by Crippen LogP contribution is -2.52. The smallest absolute Gasteiger partial charge is 0.237 e. The Morgan fingerprint density at radius 1 is 0.939 bits per heavy atom. The van der Waals surface area contributed by atoms with E-state index in [2.05, 4.69) is 16.0 Å². The van der Waals surface area contributed by atoms with E-state index in [0.717, 1.165) is 56.5 Å². The fourth-order valence-corrected chi connectivity index (χ4v) is 4.89. The Bertz CT molecular complexity index is 719. The van der Waals surface area contributed by atoms with E-state index in [1.54, 1.807) is 7.11 Å². The number of methoxy groups -OCH3 is 1. The van der Waals surface area contributed by atoms with Crippen LogP contribution in [0.1, 0.15) is 63.4 Å². The van der Waals surface area contributed by atoms with Crippen molar-refractivity contribution in [3.63, 3.8) is 0 Å². The minimum absolute atomic E-state index is 0.0140. The van der Waals surface area contributed by atoms with Crippen molar-refractivity contribution < 1.29 is 14.3 Å². The van der Waals surface area contributed by atoms with Crippen LogP contribution < -0.4 is 20.7 Å². The zero-order valence-electron chi connectivity index (χ0n) is 20.2. The first-order chi connectivity index (χ1) is 16.2. The summed E-state index contributed by atoms with van der Waals surface area (Å²) in [6.45, 7) is 3.31. The molecule has 2 amide bonds. The maximum Gasteiger partial charge on any atom is 0.237 e. The van der Waals surface area contributed by atoms with E-state index >= 15 is 0 Å². The summed E-state index contributed by atoms with van der Waals surface area (Å²) in [5.74, 6) is 0.885. The van der Waals surface area contributed by atoms with Crippen molar-refractivity contribution in [1.29, 1.82) is 0 Å². The number of ether oxygens (including phenoxy) is 1. The monoisotopic (exact) mass is 458 g/mol. The molecule has 3 rings (SSSR count). The van der Waals surface area contributed by atoms with Crippen molar-refractivity contribution in [1.82, 2.24) is 20.9 Å². The lowest BCUT2D eigenvalue weighted by molar-refractivity contribution is -0.130. The van der Waals surface area contributed by atoms with Gasteiger partial charge in [-0.05, 0) is 69.3 Å². The maximum absolute atomic E-state index is 12.8. The Labute approximate surface area is 199 Å². The van der Waals surface area contributed by atoms with E-state index in [1.165, 1.54) is 32.1 Å². The van der Waals surface area contributed by atoms with Gasteiger partial charge in [0.05, 0.1) is 19.7 Å². The van der Waals surface area contributed by atoms with Crippen LogP contribution in [0.4, 0.5) is 0 Å². The van der Waals surface area contributed by atoms with Gasteiger partial charge >= 0.3 is 0 Å². The molecule has 1 aromatic rings. The van der Waals surface area contributed by atoms with Gasteiger partial charge in [0.2, 0.25) is 11.8 Å². The second kappa shape index (κ2) is 14.2. The highest BCUT2D eigenvalue weighted by Crippen LogP contribution is 2.18. The number of carbonyl (C=O) groups is 2. The topological polar surface area (TPSA) is 82.7 Å². The molecule has 7 nitrogen and oxygen atoms in total. The number of nitrogens with one attached hydrogen (secondary N) is 3. The van der Waals surface area contributed by atoms with E-state index in [4.69, 9.17) is 4.74 Å². The van der Waals surface area contributed by atoms with Crippen LogP contribution >= 0.6 is 0 Å². The molecule has 33 heavy (non-hydrogen) atoms. The summed E-state index contributed by atoms with van der Waals surface area (Å²) in [4.78, 5) is 27.3. The number of rotatable bonds is 12. The maximum atomic E-state index is 12.8. The minimum Gasteiger partial charge on any atom is -0.497 e. The number of carbonyl (C=O) groups excluding carboxylic acids is 2. The molecule has 1 aliphatic heterocycles. The number of likely N-dealkylation sites (tertiary alicyclic amines) is 1. The van der Waals surface area contributed by atoms with E-state index < -0.39 is 0 Å². The van der Waals surface area contributed by atoms with Crippen molar-refractivity contribution >= 4 is 11.8 Å². The molecule has 184 valence electrons. The Kier molecular flexibility index (Phi) is 11.0. The SMILES string of the molecule is COc1ccc(CCNC(=O)CN2CCCC[C@H]2C(=O)NCCCNC2CCCCC2)cc1. The third-order valence-corrected chi connectivity index (χ3v) is 6.85. The summed E-state index contributed by atoms with van der Waals surface area (Å²) in [6, 6.07) is 8.35. The zero-order chi connectivity index (χ0) is 23.3. The van der Waals surface area contributed by atoms with Crippen LogP contribution in [0, 0.1) is 0 Å². The van der Waals surface area contributed by atoms with Crippen molar-refractivity contribution in [3.05, 3.63) is 29.8 Å². The van der Waals surface area contributed by atoms with Crippen LogP contribution in [0.25, 0.3) is 0 Å². The van der Waals surface area contributed by atoms with Gasteiger partial charge in [-0.15, -0.1) is 0 Å². The van der Waals surface area contributed by atoms with Crippen LogP contribution in [0.15, 0.2) is 24.3 Å². The Morgan fingerprint density at radius 2 is 1.70 bits per heavy atom. The summed E-state index contributed by atoms with van der Waals surface area (Å²) in [5.41, 5.74) is 1.16. The van der Waals surface area contributed by atoms with Crippen LogP contribution in [-0.4, -0.2) is 68.6 Å². The number of amides is 2. The molecule has 1 heterocycles. The third kappa shape index (κ3) is 8.97. The van der Waals surface area contributed by atoms with E-state index in [-0.39, 0.29) is 24.4 Å². The van der Waals surface area contributed by atoms with E-state index in [9.17, 15) is 9.59 Å². The fourth-order valence-electron chi connectivity index (χ4n) is 4.89. The summed E-state index contributed by atoms with van der Waals surface area (Å²) < 4.78 is 5.18. The van der Waals surface area contributed by atoms with Crippen molar-refractivity contribution in [2.75, 3.05) is 39.8 Å². The molecule has 2 aliphatic rings. The molecular formula is C26H42N4O3. The van der Waals surface area contributed by atoms with Gasteiger partial charge in [-0.25, -0.2) is 0 Å². The molecule has 7 heteroatoms. The van der Waals surface area contributed by atoms with E-state index in [1.807, 2.05) is 29.2 Å². The minimum atomic E-state index is -0.197. The molecule has 0 radical (unpaired) electrons. The lowest BCUT2D eigenvalue weighted by atomic mass is 9.95. The predicted molar refractivity (Wildman–Crippen MR) is 131 cm³/mol. The Balaban J connectivity index is 1.33. The number of hydrogen-bond donors (Lipinski definition) is 3. The predicted octanol–water partition coefficient (Wildman–Crippen LogP) is 2.64. The number of nitrogens with zero attached hydrogens (tertiary/aromatic N) is 1. The largest absolute Gasteiger partial charge is 0.497 e. The molecule has 1 atom stereocenters. The first-order valence-corrected chi connectivity index (χ1v) is 12.8. The van der Waals surface area contributed by atoms with Gasteiger partial charge in [-0.1, -0.05) is 37.8 Å². The fraction of sp³-hybridized carbons (Fsp3) is 0.692. The van der Waals surface area contributed by atoms with Gasteiger partial charge < -0.3 is 20.7 Å². The van der Waals surface area contributed by atoms with Crippen LogP contribution in [0.5, 0.6) is 5.75 Å². The summed E-state index contributed by atoms with van der Waals surface area (Å²) in [5, 5.41) is 9.74. The van der Waals surface area contributed by atoms with Gasteiger partial charge in [0.25, 0.3) is 0 Å². The van der Waals surface area contributed by atoms with Crippen LogP contribution in [0.2, 0.25) is 0 Å². The molecule has 1 aromatic carbocycles. The second-order valence-electron chi connectivity index (χ2n) is 9.36. The number of benzene rings is 1. The molecule has 0 unspecified atom stereocenters. The molecule has 1 aliphatic carbocycles. The molecule has 0 spiro atoms. The standard InChI is InChI=1S/C26H42N4O3/c1-33-23-13-11-21(12-14-23)15-18-28-25(31)20-30-19-6-5-10-24(30)26(32)29-17-7-16-27-22-8-3-2-4-9-22/h11-14,22,24,27H,2-10,15-20H2,1H3,(H,28,31)(H,29,32)/t24-/m0/s1. The van der Waals surface area contributed by atoms with Crippen molar-refractivity contribution in [2.45, 2.75) is 76.3 Å². The Morgan fingerprint density at radius 3 is 2.45 bits per heavy atom. The van der Waals surface area contributed by atoms with E-state index in [0.29, 0.717) is 19.1 Å². The number of hydrogen-bond acceptors (Lipinski definition) is 5. The molecule has 0 aromatic heterocycles. The zero-order valence-corrected chi connectivity index (χ0v) is 20.2. The normalized spacial score (nSPS) is 19.7. The molecular weight excluding hydrogens is 416 g/mol. The van der Waals surface area contributed by atoms with Crippen molar-refractivity contribution in [2.24, 2.45) is 0 Å². The molecule has 3 N–H and O–H groups in total. The van der Waals surface area contributed by atoms with Gasteiger partial charge in [-0.3, -0.25) is 14.5 Å². The van der Waals surface area contributed by atoms with Crippen LogP contribution in [0.3, 0.4) is 0 Å². The Hall–Kier alpha value is -2.12. The van der Waals surface area contributed by atoms with Gasteiger partial charge in [0.1, 0.15) is 5.75 Å². The summed E-state index contributed by atoms with van der Waals surface area (Å²) >= 11 is 0. The van der Waals surface area contributed by atoms with Crippen LogP contribution in [-0.2, 0) is 16.0 Å². The highest BCUT2D eigenvalue weighted by atomic mass is 16.5. The number of piperidine rings is 1. The average molecular weight is 459 g/mol. The first kappa shape index (κ1) is 25.5. The highest BCUT2D eigenvalue weighted by molar-refractivity contribution is 5.83. The second-order valence-corrected chi connectivity index (χ2v) is 9.36. The van der Waals surface area contributed by atoms with Gasteiger partial charge in [0.15, 0.2) is 0 Å². The molecule has 1 saturated heterocycles. The third-order valence-electron chi connectivity index (χ3n) is 6.85. The summed E-state index contributed by atoms with van der Waals surface area (Å²) in [6.07, 6.45) is 11.2. The van der Waals surface area contributed by atoms with Gasteiger partial charge in [-0.2, -0.15) is 0 Å². The summed E-state index contributed by atoms with van der Waals surface area (Å²) in [7, 11) is 1.65. The van der Waals surface area contributed by atoms with Crippen molar-refractivity contribution in [3.8, 4) is 5.75 Å². The molecule has 0 bridgehead atoms. The van der Waals surface area contributed by atoms with Gasteiger partial charge in [0, 0.05) is 19.1 Å². The molecule has 2 fully saturated rings. The first-order valence-electron chi connectivity index (χ1n) is 12.8. The average Bonchev–Trinajstić information content (AvgIpc) is 2.85.